The van der Waals surface area contributed by atoms with Gasteiger partial charge in [-0.1, -0.05) is 12.1 Å². The van der Waals surface area contributed by atoms with Crippen molar-refractivity contribution >= 4 is 17.8 Å². The van der Waals surface area contributed by atoms with E-state index in [-0.39, 0.29) is 11.3 Å². The van der Waals surface area contributed by atoms with Crippen molar-refractivity contribution in [3.8, 4) is 17.2 Å². The lowest BCUT2D eigenvalue weighted by Crippen LogP contribution is -2.18. The van der Waals surface area contributed by atoms with Gasteiger partial charge in [0.15, 0.2) is 11.5 Å². The maximum atomic E-state index is 12.3. The molecule has 0 aliphatic carbocycles. The SMILES string of the molecule is COc1cc(C(=O)NN=Cc2cccc([N+](=O)[O-])c2)cc(OC)c1OC. The van der Waals surface area contributed by atoms with Gasteiger partial charge in [-0.15, -0.1) is 0 Å². The minimum Gasteiger partial charge on any atom is -0.493 e. The zero-order chi connectivity index (χ0) is 19.1. The van der Waals surface area contributed by atoms with Crippen LogP contribution in [0.15, 0.2) is 41.5 Å². The van der Waals surface area contributed by atoms with E-state index in [2.05, 4.69) is 10.5 Å². The van der Waals surface area contributed by atoms with Crippen molar-refractivity contribution in [3.63, 3.8) is 0 Å². The number of hydrazone groups is 1. The molecule has 136 valence electrons. The number of hydrogen-bond donors (Lipinski definition) is 1. The summed E-state index contributed by atoms with van der Waals surface area (Å²) in [5.74, 6) is 0.525. The van der Waals surface area contributed by atoms with Gasteiger partial charge < -0.3 is 14.2 Å². The molecule has 9 heteroatoms. The van der Waals surface area contributed by atoms with E-state index in [0.29, 0.717) is 22.8 Å². The Morgan fingerprint density at radius 1 is 1.12 bits per heavy atom. The molecule has 0 saturated carbocycles. The fourth-order valence-corrected chi connectivity index (χ4v) is 2.16. The summed E-state index contributed by atoms with van der Waals surface area (Å²) >= 11 is 0. The van der Waals surface area contributed by atoms with Gasteiger partial charge in [0.05, 0.1) is 32.5 Å². The van der Waals surface area contributed by atoms with Crippen LogP contribution in [-0.4, -0.2) is 38.4 Å². The molecule has 0 fully saturated rings. The first-order valence-corrected chi connectivity index (χ1v) is 7.38. The first kappa shape index (κ1) is 18.7. The smallest absolute Gasteiger partial charge is 0.271 e. The maximum absolute atomic E-state index is 12.3. The van der Waals surface area contributed by atoms with Crippen molar-refractivity contribution < 1.29 is 23.9 Å². The van der Waals surface area contributed by atoms with Gasteiger partial charge in [0, 0.05) is 23.3 Å². The molecule has 0 aliphatic rings. The molecular formula is C17H17N3O6. The molecule has 0 spiro atoms. The molecule has 1 N–H and O–H groups in total. The average molecular weight is 359 g/mol. The highest BCUT2D eigenvalue weighted by atomic mass is 16.6. The standard InChI is InChI=1S/C17H17N3O6/c1-24-14-8-12(9-15(25-2)16(14)26-3)17(21)19-18-10-11-5-4-6-13(7-11)20(22)23/h4-10H,1-3H3,(H,19,21). The fourth-order valence-electron chi connectivity index (χ4n) is 2.16. The van der Waals surface area contributed by atoms with Crippen LogP contribution in [0.1, 0.15) is 15.9 Å². The minimum absolute atomic E-state index is 0.0649. The Morgan fingerprint density at radius 3 is 2.31 bits per heavy atom. The molecule has 0 radical (unpaired) electrons. The maximum Gasteiger partial charge on any atom is 0.271 e. The molecule has 0 bridgehead atoms. The van der Waals surface area contributed by atoms with E-state index >= 15 is 0 Å². The summed E-state index contributed by atoms with van der Waals surface area (Å²) in [4.78, 5) is 22.5. The Bertz CT molecular complexity index is 825. The monoisotopic (exact) mass is 359 g/mol. The molecule has 9 nitrogen and oxygen atoms in total. The number of non-ortho nitro benzene ring substituents is 1. The van der Waals surface area contributed by atoms with Gasteiger partial charge in [0.1, 0.15) is 0 Å². The molecule has 26 heavy (non-hydrogen) atoms. The summed E-state index contributed by atoms with van der Waals surface area (Å²) in [5, 5.41) is 14.6. The summed E-state index contributed by atoms with van der Waals surface area (Å²) < 4.78 is 15.6. The average Bonchev–Trinajstić information content (AvgIpc) is 2.66. The van der Waals surface area contributed by atoms with E-state index in [4.69, 9.17) is 14.2 Å². The van der Waals surface area contributed by atoms with Crippen molar-refractivity contribution in [2.45, 2.75) is 0 Å². The third-order valence-electron chi connectivity index (χ3n) is 3.39. The van der Waals surface area contributed by atoms with Gasteiger partial charge in [0.25, 0.3) is 11.6 Å². The number of methoxy groups -OCH3 is 3. The Balaban J connectivity index is 2.17. The second kappa shape index (κ2) is 8.47. The van der Waals surface area contributed by atoms with Gasteiger partial charge in [-0.05, 0) is 12.1 Å². The topological polar surface area (TPSA) is 112 Å². The van der Waals surface area contributed by atoms with Crippen LogP contribution in [-0.2, 0) is 0 Å². The molecule has 0 aromatic heterocycles. The quantitative estimate of drug-likeness (QED) is 0.461. The molecule has 2 aromatic rings. The number of nitrogens with zero attached hydrogens (tertiary/aromatic N) is 2. The number of carbonyl (C=O) groups excluding carboxylic acids is 1. The number of amides is 1. The van der Waals surface area contributed by atoms with Crippen LogP contribution in [0.3, 0.4) is 0 Å². The third kappa shape index (κ3) is 4.26. The number of carbonyl (C=O) groups is 1. The minimum atomic E-state index is -0.508. The van der Waals surface area contributed by atoms with Crippen LogP contribution < -0.4 is 19.6 Å². The van der Waals surface area contributed by atoms with E-state index in [1.165, 1.54) is 57.9 Å². The van der Waals surface area contributed by atoms with Gasteiger partial charge in [-0.2, -0.15) is 5.10 Å². The Labute approximate surface area is 149 Å². The van der Waals surface area contributed by atoms with Crippen LogP contribution in [0.5, 0.6) is 17.2 Å². The zero-order valence-corrected chi connectivity index (χ0v) is 14.4. The molecule has 0 unspecified atom stereocenters. The molecule has 2 aromatic carbocycles. The van der Waals surface area contributed by atoms with Gasteiger partial charge in [-0.25, -0.2) is 5.43 Å². The zero-order valence-electron chi connectivity index (χ0n) is 14.4. The highest BCUT2D eigenvalue weighted by molar-refractivity contribution is 5.96. The number of nitro benzene ring substituents is 1. The molecule has 0 atom stereocenters. The molecule has 0 aliphatic heterocycles. The third-order valence-corrected chi connectivity index (χ3v) is 3.39. The summed E-state index contributed by atoms with van der Waals surface area (Å²) in [7, 11) is 4.35. The highest BCUT2D eigenvalue weighted by Crippen LogP contribution is 2.38. The molecule has 0 heterocycles. The lowest BCUT2D eigenvalue weighted by molar-refractivity contribution is -0.384. The number of rotatable bonds is 7. The molecule has 2 rings (SSSR count). The summed E-state index contributed by atoms with van der Waals surface area (Å²) in [5.41, 5.74) is 3.00. The van der Waals surface area contributed by atoms with Crippen molar-refractivity contribution in [2.24, 2.45) is 5.10 Å². The number of hydrogen-bond acceptors (Lipinski definition) is 7. The summed E-state index contributed by atoms with van der Waals surface area (Å²) in [6.45, 7) is 0. The molecular weight excluding hydrogens is 342 g/mol. The van der Waals surface area contributed by atoms with Crippen molar-refractivity contribution in [1.29, 1.82) is 0 Å². The predicted molar refractivity (Wildman–Crippen MR) is 94.3 cm³/mol. The predicted octanol–water partition coefficient (Wildman–Crippen LogP) is 2.38. The van der Waals surface area contributed by atoms with Crippen molar-refractivity contribution in [3.05, 3.63) is 57.6 Å². The molecule has 0 saturated heterocycles. The lowest BCUT2D eigenvalue weighted by atomic mass is 10.1. The largest absolute Gasteiger partial charge is 0.493 e. The number of nitrogens with one attached hydrogen (secondary N) is 1. The van der Waals surface area contributed by atoms with E-state index in [1.807, 2.05) is 0 Å². The van der Waals surface area contributed by atoms with Gasteiger partial charge in [0.2, 0.25) is 5.75 Å². The first-order valence-electron chi connectivity index (χ1n) is 7.38. The van der Waals surface area contributed by atoms with Crippen molar-refractivity contribution in [2.75, 3.05) is 21.3 Å². The summed E-state index contributed by atoms with van der Waals surface area (Å²) in [6, 6.07) is 8.84. The summed E-state index contributed by atoms with van der Waals surface area (Å²) in [6.07, 6.45) is 1.31. The normalized spacial score (nSPS) is 10.4. The van der Waals surface area contributed by atoms with Crippen LogP contribution >= 0.6 is 0 Å². The van der Waals surface area contributed by atoms with E-state index in [9.17, 15) is 14.9 Å². The number of ether oxygens (including phenoxy) is 3. The van der Waals surface area contributed by atoms with Crippen LogP contribution in [0, 0.1) is 10.1 Å². The van der Waals surface area contributed by atoms with Crippen LogP contribution in [0.25, 0.3) is 0 Å². The van der Waals surface area contributed by atoms with Crippen molar-refractivity contribution in [1.82, 2.24) is 5.43 Å². The lowest BCUT2D eigenvalue weighted by Gasteiger charge is -2.13. The van der Waals surface area contributed by atoms with E-state index in [0.717, 1.165) is 0 Å². The van der Waals surface area contributed by atoms with E-state index in [1.54, 1.807) is 6.07 Å². The van der Waals surface area contributed by atoms with Gasteiger partial charge in [-0.3, -0.25) is 14.9 Å². The Kier molecular flexibility index (Phi) is 6.10. The van der Waals surface area contributed by atoms with Crippen LogP contribution in [0.4, 0.5) is 5.69 Å². The first-order chi connectivity index (χ1) is 12.5. The second-order valence-electron chi connectivity index (χ2n) is 4.97. The highest BCUT2D eigenvalue weighted by Gasteiger charge is 2.16. The number of nitro groups is 1. The van der Waals surface area contributed by atoms with Gasteiger partial charge >= 0.3 is 0 Å². The second-order valence-corrected chi connectivity index (χ2v) is 4.97. The Morgan fingerprint density at radius 2 is 1.77 bits per heavy atom. The van der Waals surface area contributed by atoms with E-state index < -0.39 is 10.8 Å². The van der Waals surface area contributed by atoms with Crippen LogP contribution in [0.2, 0.25) is 0 Å². The fraction of sp³-hybridized carbons (Fsp3) is 0.176. The molecule has 1 amide bonds. The Hall–Kier alpha value is -3.62. The number of benzene rings is 2.